The molecule has 6 heteroatoms. The molecule has 3 rings (SSSR count). The van der Waals surface area contributed by atoms with E-state index in [2.05, 4.69) is 19.2 Å². The number of hydrogen-bond donors (Lipinski definition) is 1. The largest absolute Gasteiger partial charge is 0.467 e. The SMILES string of the molecule is CCC(CC)C(=O)N(Cc1ccco1)Cc1cc(NC(=O)C2CC2)ccc1N(C)C. The van der Waals surface area contributed by atoms with Crippen LogP contribution in [0.4, 0.5) is 11.4 Å². The van der Waals surface area contributed by atoms with Crippen LogP contribution in [0, 0.1) is 11.8 Å². The van der Waals surface area contributed by atoms with Gasteiger partial charge in [0.15, 0.2) is 0 Å². The Morgan fingerprint density at radius 3 is 2.43 bits per heavy atom. The third kappa shape index (κ3) is 5.43. The maximum absolute atomic E-state index is 13.3. The Labute approximate surface area is 179 Å². The first-order valence-electron chi connectivity index (χ1n) is 10.8. The molecule has 2 aromatic rings. The van der Waals surface area contributed by atoms with Crippen molar-refractivity contribution in [2.24, 2.45) is 11.8 Å². The minimum absolute atomic E-state index is 0.0134. The van der Waals surface area contributed by atoms with Crippen LogP contribution in [-0.4, -0.2) is 30.8 Å². The Hall–Kier alpha value is -2.76. The Bertz CT molecular complexity index is 853. The van der Waals surface area contributed by atoms with Crippen molar-refractivity contribution in [2.75, 3.05) is 24.3 Å². The van der Waals surface area contributed by atoms with Crippen molar-refractivity contribution in [3.8, 4) is 0 Å². The van der Waals surface area contributed by atoms with Gasteiger partial charge in [0.05, 0.1) is 12.8 Å². The molecule has 0 saturated heterocycles. The average molecular weight is 412 g/mol. The molecule has 0 unspecified atom stereocenters. The number of amides is 2. The van der Waals surface area contributed by atoms with E-state index in [1.807, 2.05) is 54.2 Å². The molecule has 1 aromatic heterocycles. The van der Waals surface area contributed by atoms with Gasteiger partial charge in [-0.1, -0.05) is 13.8 Å². The molecule has 1 heterocycles. The second kappa shape index (κ2) is 9.83. The number of furan rings is 1. The second-order valence-corrected chi connectivity index (χ2v) is 8.29. The molecule has 30 heavy (non-hydrogen) atoms. The fourth-order valence-electron chi connectivity index (χ4n) is 3.72. The summed E-state index contributed by atoms with van der Waals surface area (Å²) in [6.07, 6.45) is 5.18. The fraction of sp³-hybridized carbons (Fsp3) is 0.500. The first kappa shape index (κ1) is 21.9. The van der Waals surface area contributed by atoms with Gasteiger partial charge < -0.3 is 19.5 Å². The van der Waals surface area contributed by atoms with Crippen LogP contribution in [0.2, 0.25) is 0 Å². The minimum Gasteiger partial charge on any atom is -0.467 e. The molecule has 1 saturated carbocycles. The molecule has 0 radical (unpaired) electrons. The highest BCUT2D eigenvalue weighted by Crippen LogP contribution is 2.31. The summed E-state index contributed by atoms with van der Waals surface area (Å²) in [6, 6.07) is 9.66. The Kier molecular flexibility index (Phi) is 7.19. The lowest BCUT2D eigenvalue weighted by Crippen LogP contribution is -2.35. The number of rotatable bonds is 10. The molecule has 6 nitrogen and oxygen atoms in total. The maximum atomic E-state index is 13.3. The van der Waals surface area contributed by atoms with Gasteiger partial charge in [0, 0.05) is 43.9 Å². The van der Waals surface area contributed by atoms with Crippen LogP contribution in [0.15, 0.2) is 41.0 Å². The molecule has 1 aromatic carbocycles. The molecule has 2 amide bonds. The Morgan fingerprint density at radius 1 is 1.13 bits per heavy atom. The molecule has 1 aliphatic carbocycles. The van der Waals surface area contributed by atoms with Crippen LogP contribution in [0.5, 0.6) is 0 Å². The van der Waals surface area contributed by atoms with Gasteiger partial charge in [0.2, 0.25) is 11.8 Å². The van der Waals surface area contributed by atoms with Crippen LogP contribution in [0.25, 0.3) is 0 Å². The zero-order valence-electron chi connectivity index (χ0n) is 18.5. The summed E-state index contributed by atoms with van der Waals surface area (Å²) in [6.45, 7) is 4.98. The minimum atomic E-state index is -0.0134. The molecular weight excluding hydrogens is 378 g/mol. The van der Waals surface area contributed by atoms with E-state index in [-0.39, 0.29) is 23.7 Å². The highest BCUT2D eigenvalue weighted by atomic mass is 16.3. The van der Waals surface area contributed by atoms with Crippen LogP contribution in [0.1, 0.15) is 50.9 Å². The zero-order chi connectivity index (χ0) is 21.7. The molecule has 162 valence electrons. The van der Waals surface area contributed by atoms with Crippen LogP contribution < -0.4 is 10.2 Å². The van der Waals surface area contributed by atoms with Gasteiger partial charge in [-0.3, -0.25) is 9.59 Å². The standard InChI is InChI=1S/C24H33N3O3/c1-5-17(6-2)24(29)27(16-21-8-7-13-30-21)15-19-14-20(11-12-22(19)26(3)4)25-23(28)18-9-10-18/h7-8,11-14,17-18H,5-6,9-10,15-16H2,1-4H3,(H,25,28). The van der Waals surface area contributed by atoms with Crippen molar-refractivity contribution in [1.82, 2.24) is 4.90 Å². The lowest BCUT2D eigenvalue weighted by molar-refractivity contribution is -0.137. The molecule has 1 fully saturated rings. The number of nitrogens with zero attached hydrogens (tertiary/aromatic N) is 2. The van der Waals surface area contributed by atoms with Gasteiger partial charge in [-0.25, -0.2) is 0 Å². The number of hydrogen-bond acceptors (Lipinski definition) is 4. The van der Waals surface area contributed by atoms with E-state index in [1.54, 1.807) is 6.26 Å². The number of carbonyl (C=O) groups excluding carboxylic acids is 2. The fourth-order valence-corrected chi connectivity index (χ4v) is 3.72. The number of anilines is 2. The molecule has 0 aliphatic heterocycles. The van der Waals surface area contributed by atoms with Gasteiger partial charge in [-0.15, -0.1) is 0 Å². The number of carbonyl (C=O) groups is 2. The first-order valence-corrected chi connectivity index (χ1v) is 10.8. The predicted molar refractivity (Wildman–Crippen MR) is 119 cm³/mol. The summed E-state index contributed by atoms with van der Waals surface area (Å²) in [4.78, 5) is 29.4. The average Bonchev–Trinajstić information content (AvgIpc) is 3.45. The first-order chi connectivity index (χ1) is 14.4. The molecule has 0 bridgehead atoms. The summed E-state index contributed by atoms with van der Waals surface area (Å²) < 4.78 is 5.52. The molecule has 1 N–H and O–H groups in total. The quantitative estimate of drug-likeness (QED) is 0.618. The van der Waals surface area contributed by atoms with E-state index in [0.29, 0.717) is 13.1 Å². The smallest absolute Gasteiger partial charge is 0.227 e. The van der Waals surface area contributed by atoms with Crippen molar-refractivity contribution >= 4 is 23.2 Å². The predicted octanol–water partition coefficient (Wildman–Crippen LogP) is 4.66. The zero-order valence-corrected chi connectivity index (χ0v) is 18.5. The van der Waals surface area contributed by atoms with Crippen molar-refractivity contribution in [3.63, 3.8) is 0 Å². The Balaban J connectivity index is 1.88. The van der Waals surface area contributed by atoms with E-state index in [4.69, 9.17) is 4.42 Å². The highest BCUT2D eigenvalue weighted by Gasteiger charge is 2.30. The Morgan fingerprint density at radius 2 is 1.87 bits per heavy atom. The van der Waals surface area contributed by atoms with Crippen molar-refractivity contribution in [2.45, 2.75) is 52.6 Å². The molecular formula is C24H33N3O3. The van der Waals surface area contributed by atoms with Crippen molar-refractivity contribution < 1.29 is 14.0 Å². The van der Waals surface area contributed by atoms with E-state index < -0.39 is 0 Å². The van der Waals surface area contributed by atoms with E-state index in [9.17, 15) is 9.59 Å². The topological polar surface area (TPSA) is 65.8 Å². The van der Waals surface area contributed by atoms with Gasteiger partial charge in [-0.05, 0) is 61.6 Å². The summed E-state index contributed by atoms with van der Waals surface area (Å²) in [7, 11) is 3.97. The van der Waals surface area contributed by atoms with Gasteiger partial charge in [0.1, 0.15) is 5.76 Å². The normalized spacial score (nSPS) is 13.4. The summed E-state index contributed by atoms with van der Waals surface area (Å²) in [5, 5.41) is 3.02. The van der Waals surface area contributed by atoms with Crippen LogP contribution in [0.3, 0.4) is 0 Å². The van der Waals surface area contributed by atoms with Gasteiger partial charge in [0.25, 0.3) is 0 Å². The summed E-state index contributed by atoms with van der Waals surface area (Å²) in [5.74, 6) is 1.11. The maximum Gasteiger partial charge on any atom is 0.227 e. The highest BCUT2D eigenvalue weighted by molar-refractivity contribution is 5.94. The summed E-state index contributed by atoms with van der Waals surface area (Å²) >= 11 is 0. The van der Waals surface area contributed by atoms with E-state index >= 15 is 0 Å². The van der Waals surface area contributed by atoms with Crippen LogP contribution >= 0.6 is 0 Å². The lowest BCUT2D eigenvalue weighted by Gasteiger charge is -2.28. The van der Waals surface area contributed by atoms with Gasteiger partial charge in [-0.2, -0.15) is 0 Å². The third-order valence-electron chi connectivity index (χ3n) is 5.71. The van der Waals surface area contributed by atoms with Crippen LogP contribution in [-0.2, 0) is 22.7 Å². The summed E-state index contributed by atoms with van der Waals surface area (Å²) in [5.41, 5.74) is 2.81. The number of nitrogens with one attached hydrogen (secondary N) is 1. The molecule has 0 spiro atoms. The lowest BCUT2D eigenvalue weighted by atomic mass is 10.0. The molecule has 0 atom stereocenters. The molecule has 1 aliphatic rings. The second-order valence-electron chi connectivity index (χ2n) is 8.29. The van der Waals surface area contributed by atoms with E-state index in [0.717, 1.165) is 48.4 Å². The van der Waals surface area contributed by atoms with Crippen molar-refractivity contribution in [3.05, 3.63) is 47.9 Å². The van der Waals surface area contributed by atoms with E-state index in [1.165, 1.54) is 0 Å². The number of benzene rings is 1. The van der Waals surface area contributed by atoms with Gasteiger partial charge >= 0.3 is 0 Å². The monoisotopic (exact) mass is 411 g/mol. The third-order valence-corrected chi connectivity index (χ3v) is 5.71. The van der Waals surface area contributed by atoms with Crippen molar-refractivity contribution in [1.29, 1.82) is 0 Å².